The van der Waals surface area contributed by atoms with Gasteiger partial charge in [0.15, 0.2) is 0 Å². The highest BCUT2D eigenvalue weighted by Gasteiger charge is 2.08. The van der Waals surface area contributed by atoms with E-state index >= 15 is 0 Å². The van der Waals surface area contributed by atoms with Crippen molar-refractivity contribution in [3.63, 3.8) is 0 Å². The number of rotatable bonds is 0. The Balaban J connectivity index is 2.33. The summed E-state index contributed by atoms with van der Waals surface area (Å²) in [5, 5.41) is 5.82. The number of benzene rings is 2. The fourth-order valence-corrected chi connectivity index (χ4v) is 3.81. The maximum atomic E-state index is 6.06. The maximum Gasteiger partial charge on any atom is 0.0420 e. The molecule has 4 rings (SSSR count). The van der Waals surface area contributed by atoms with E-state index in [2.05, 4.69) is 29.2 Å². The summed E-state index contributed by atoms with van der Waals surface area (Å²) in [6, 6.07) is 12.5. The smallest absolute Gasteiger partial charge is 0.0420 e. The monoisotopic (exact) mass is 269 g/mol. The van der Waals surface area contributed by atoms with Gasteiger partial charge in [0.2, 0.25) is 0 Å². The van der Waals surface area contributed by atoms with Crippen LogP contribution in [-0.2, 0) is 0 Å². The van der Waals surface area contributed by atoms with Crippen molar-refractivity contribution < 1.29 is 0 Å². The van der Waals surface area contributed by atoms with Gasteiger partial charge in [-0.05, 0) is 29.7 Å². The molecule has 0 radical (unpaired) electrons. The van der Waals surface area contributed by atoms with Crippen molar-refractivity contribution in [2.75, 3.05) is 0 Å². The highest BCUT2D eigenvalue weighted by molar-refractivity contribution is 7.26. The summed E-state index contributed by atoms with van der Waals surface area (Å²) in [6.45, 7) is 0. The third-order valence-corrected chi connectivity index (χ3v) is 4.57. The van der Waals surface area contributed by atoms with Crippen LogP contribution in [0.15, 0.2) is 48.8 Å². The number of fused-ring (bicyclic) bond motifs is 5. The Hall–Kier alpha value is -1.64. The SMILES string of the molecule is Clc1ccc2c(c1)sc1ccc3cnccc3c12. The lowest BCUT2D eigenvalue weighted by Gasteiger charge is -1.99. The van der Waals surface area contributed by atoms with Crippen LogP contribution in [0.2, 0.25) is 5.02 Å². The lowest BCUT2D eigenvalue weighted by Crippen LogP contribution is -1.76. The Morgan fingerprint density at radius 3 is 2.83 bits per heavy atom. The van der Waals surface area contributed by atoms with E-state index in [-0.39, 0.29) is 0 Å². The van der Waals surface area contributed by atoms with E-state index in [1.807, 2.05) is 24.5 Å². The summed E-state index contributed by atoms with van der Waals surface area (Å²) < 4.78 is 2.53. The largest absolute Gasteiger partial charge is 0.264 e. The quantitative estimate of drug-likeness (QED) is 0.424. The third-order valence-electron chi connectivity index (χ3n) is 3.21. The van der Waals surface area contributed by atoms with Crippen molar-refractivity contribution in [2.24, 2.45) is 0 Å². The van der Waals surface area contributed by atoms with Crippen LogP contribution in [0, 0.1) is 0 Å². The van der Waals surface area contributed by atoms with Crippen LogP contribution >= 0.6 is 22.9 Å². The predicted octanol–water partition coefficient (Wildman–Crippen LogP) is 5.26. The number of halogens is 1. The summed E-state index contributed by atoms with van der Waals surface area (Å²) in [6.07, 6.45) is 3.76. The summed E-state index contributed by atoms with van der Waals surface area (Å²) >= 11 is 7.85. The molecule has 0 aliphatic rings. The topological polar surface area (TPSA) is 12.9 Å². The second-order valence-corrected chi connectivity index (χ2v) is 5.80. The van der Waals surface area contributed by atoms with Gasteiger partial charge in [0.25, 0.3) is 0 Å². The zero-order chi connectivity index (χ0) is 12.1. The summed E-state index contributed by atoms with van der Waals surface area (Å²) in [5.41, 5.74) is 0. The van der Waals surface area contributed by atoms with E-state index in [9.17, 15) is 0 Å². The van der Waals surface area contributed by atoms with Gasteiger partial charge in [-0.15, -0.1) is 11.3 Å². The molecule has 0 N–H and O–H groups in total. The molecule has 0 saturated heterocycles. The van der Waals surface area contributed by atoms with E-state index in [1.54, 1.807) is 11.3 Å². The van der Waals surface area contributed by atoms with E-state index < -0.39 is 0 Å². The molecule has 0 fully saturated rings. The molecule has 3 heteroatoms. The molecule has 0 aliphatic carbocycles. The van der Waals surface area contributed by atoms with Gasteiger partial charge in [0.05, 0.1) is 0 Å². The predicted molar refractivity (Wildman–Crippen MR) is 79.6 cm³/mol. The van der Waals surface area contributed by atoms with Crippen molar-refractivity contribution in [3.8, 4) is 0 Å². The van der Waals surface area contributed by atoms with E-state index in [0.29, 0.717) is 0 Å². The molecule has 0 bridgehead atoms. The molecule has 0 unspecified atom stereocenters. The molecular weight excluding hydrogens is 262 g/mol. The Morgan fingerprint density at radius 1 is 0.944 bits per heavy atom. The zero-order valence-corrected chi connectivity index (χ0v) is 10.9. The van der Waals surface area contributed by atoms with Crippen LogP contribution in [0.4, 0.5) is 0 Å². The average molecular weight is 270 g/mol. The molecule has 0 aliphatic heterocycles. The van der Waals surface area contributed by atoms with Crippen molar-refractivity contribution in [3.05, 3.63) is 53.8 Å². The van der Waals surface area contributed by atoms with Crippen molar-refractivity contribution >= 4 is 53.9 Å². The van der Waals surface area contributed by atoms with Gasteiger partial charge < -0.3 is 0 Å². The minimum Gasteiger partial charge on any atom is -0.264 e. The first-order valence-electron chi connectivity index (χ1n) is 5.67. The van der Waals surface area contributed by atoms with E-state index in [1.165, 1.54) is 30.9 Å². The fraction of sp³-hybridized carbons (Fsp3) is 0. The maximum absolute atomic E-state index is 6.06. The van der Waals surface area contributed by atoms with Crippen LogP contribution in [0.1, 0.15) is 0 Å². The highest BCUT2D eigenvalue weighted by Crippen LogP contribution is 2.38. The minimum atomic E-state index is 0.792. The van der Waals surface area contributed by atoms with Gasteiger partial charge in [-0.1, -0.05) is 23.7 Å². The second-order valence-electron chi connectivity index (χ2n) is 4.28. The number of thiophene rings is 1. The molecule has 2 heterocycles. The molecule has 1 nitrogen and oxygen atoms in total. The molecular formula is C15H8ClNS. The van der Waals surface area contributed by atoms with Crippen molar-refractivity contribution in [2.45, 2.75) is 0 Å². The lowest BCUT2D eigenvalue weighted by atomic mass is 10.1. The molecule has 18 heavy (non-hydrogen) atoms. The lowest BCUT2D eigenvalue weighted by molar-refractivity contribution is 1.37. The van der Waals surface area contributed by atoms with Gasteiger partial charge in [0.1, 0.15) is 0 Å². The fourth-order valence-electron chi connectivity index (χ4n) is 2.42. The molecule has 0 saturated carbocycles. The van der Waals surface area contributed by atoms with Crippen LogP contribution in [0.3, 0.4) is 0 Å². The molecule has 2 aromatic carbocycles. The Kier molecular flexibility index (Phi) is 2.10. The molecule has 0 spiro atoms. The molecule has 86 valence electrons. The first-order valence-corrected chi connectivity index (χ1v) is 6.87. The zero-order valence-electron chi connectivity index (χ0n) is 9.35. The Bertz CT molecular complexity index is 895. The Morgan fingerprint density at radius 2 is 1.89 bits per heavy atom. The summed E-state index contributed by atoms with van der Waals surface area (Å²) in [5.74, 6) is 0. The van der Waals surface area contributed by atoms with Crippen LogP contribution < -0.4 is 0 Å². The standard InChI is InChI=1S/C15H8ClNS/c16-10-2-3-12-14(7-10)18-13-4-1-9-8-17-6-5-11(9)15(12)13/h1-8H. The van der Waals surface area contributed by atoms with Crippen LogP contribution in [0.5, 0.6) is 0 Å². The average Bonchev–Trinajstić information content (AvgIpc) is 2.76. The van der Waals surface area contributed by atoms with E-state index in [0.717, 1.165) is 5.02 Å². The first kappa shape index (κ1) is 10.3. The number of pyridine rings is 1. The number of hydrogen-bond acceptors (Lipinski definition) is 2. The van der Waals surface area contributed by atoms with Crippen LogP contribution in [0.25, 0.3) is 30.9 Å². The third kappa shape index (κ3) is 1.36. The first-order chi connectivity index (χ1) is 8.83. The number of hydrogen-bond donors (Lipinski definition) is 0. The molecule has 2 aromatic heterocycles. The van der Waals surface area contributed by atoms with Crippen molar-refractivity contribution in [1.29, 1.82) is 0 Å². The van der Waals surface area contributed by atoms with Gasteiger partial charge in [-0.2, -0.15) is 0 Å². The van der Waals surface area contributed by atoms with Gasteiger partial charge in [-0.25, -0.2) is 0 Å². The number of nitrogens with zero attached hydrogens (tertiary/aromatic N) is 1. The van der Waals surface area contributed by atoms with Gasteiger partial charge in [-0.3, -0.25) is 4.98 Å². The van der Waals surface area contributed by atoms with Crippen molar-refractivity contribution in [1.82, 2.24) is 4.98 Å². The van der Waals surface area contributed by atoms with E-state index in [4.69, 9.17) is 11.6 Å². The number of aromatic nitrogens is 1. The normalized spacial score (nSPS) is 11.6. The Labute approximate surface area is 113 Å². The second kappa shape index (κ2) is 3.67. The summed E-state index contributed by atoms with van der Waals surface area (Å²) in [7, 11) is 0. The van der Waals surface area contributed by atoms with Crippen LogP contribution in [-0.4, -0.2) is 4.98 Å². The molecule has 0 atom stereocenters. The highest BCUT2D eigenvalue weighted by atomic mass is 35.5. The molecule has 0 amide bonds. The molecule has 4 aromatic rings. The van der Waals surface area contributed by atoms with Gasteiger partial charge >= 0.3 is 0 Å². The minimum absolute atomic E-state index is 0.792. The summed E-state index contributed by atoms with van der Waals surface area (Å²) in [4.78, 5) is 4.18. The van der Waals surface area contributed by atoms with Gasteiger partial charge in [0, 0.05) is 43.0 Å².